The molecule has 0 saturated carbocycles. The number of nitrogens with one attached hydrogen (secondary N) is 1. The summed E-state index contributed by atoms with van der Waals surface area (Å²) in [6.07, 6.45) is 2.14. The lowest BCUT2D eigenvalue weighted by atomic mass is 10.0. The molecule has 1 nitrogen and oxygen atoms in total. The van der Waals surface area contributed by atoms with Crippen LogP contribution in [0.4, 0.5) is 4.39 Å². The molecule has 0 heterocycles. The first-order valence-electron chi connectivity index (χ1n) is 6.93. The normalized spacial score (nSPS) is 12.3. The first-order valence-corrected chi connectivity index (χ1v) is 7.72. The molecule has 2 aromatic carbocycles. The zero-order chi connectivity index (χ0) is 14.4. The summed E-state index contributed by atoms with van der Waals surface area (Å²) < 4.78 is 14.6. The van der Waals surface area contributed by atoms with Gasteiger partial charge in [-0.2, -0.15) is 0 Å². The van der Waals surface area contributed by atoms with Crippen molar-refractivity contribution in [3.05, 3.63) is 69.9 Å². The maximum Gasteiger partial charge on any atom is 0.128 e. The molecule has 0 radical (unpaired) electrons. The van der Waals surface area contributed by atoms with Gasteiger partial charge in [0.25, 0.3) is 0 Å². The van der Waals surface area contributed by atoms with E-state index in [0.29, 0.717) is 12.1 Å². The monoisotopic (exact) mass is 335 g/mol. The van der Waals surface area contributed by atoms with Crippen LogP contribution in [0.3, 0.4) is 0 Å². The highest BCUT2D eigenvalue weighted by Gasteiger charge is 2.11. The average molecular weight is 336 g/mol. The van der Waals surface area contributed by atoms with Crippen LogP contribution in [0.1, 0.15) is 36.9 Å². The van der Waals surface area contributed by atoms with Gasteiger partial charge < -0.3 is 5.32 Å². The molecular formula is C17H19BrFN. The molecule has 3 heteroatoms. The minimum atomic E-state index is -0.171. The number of hydrogen-bond donors (Lipinski definition) is 1. The zero-order valence-corrected chi connectivity index (χ0v) is 13.2. The molecule has 0 aliphatic heterocycles. The fraction of sp³-hybridized carbons (Fsp3) is 0.294. The van der Waals surface area contributed by atoms with Crippen LogP contribution in [0.25, 0.3) is 0 Å². The summed E-state index contributed by atoms with van der Waals surface area (Å²) >= 11 is 3.28. The van der Waals surface area contributed by atoms with E-state index in [0.717, 1.165) is 17.3 Å². The SMILES string of the molecule is CCCC(NCc1ccc(Br)cc1F)c1ccccc1. The van der Waals surface area contributed by atoms with Gasteiger partial charge in [0.15, 0.2) is 0 Å². The second-order valence-electron chi connectivity index (χ2n) is 4.87. The minimum Gasteiger partial charge on any atom is -0.306 e. The standard InChI is InChI=1S/C17H19BrFN/c1-2-6-17(13-7-4-3-5-8-13)20-12-14-9-10-15(18)11-16(14)19/h3-5,7-11,17,20H,2,6,12H2,1H3. The van der Waals surface area contributed by atoms with Gasteiger partial charge in [0.2, 0.25) is 0 Å². The quantitative estimate of drug-likeness (QED) is 0.763. The highest BCUT2D eigenvalue weighted by Crippen LogP contribution is 2.20. The number of halogens is 2. The topological polar surface area (TPSA) is 12.0 Å². The molecule has 1 N–H and O–H groups in total. The third kappa shape index (κ3) is 4.15. The van der Waals surface area contributed by atoms with Crippen LogP contribution < -0.4 is 5.32 Å². The van der Waals surface area contributed by atoms with Crippen LogP contribution in [0.15, 0.2) is 53.0 Å². The summed E-state index contributed by atoms with van der Waals surface area (Å²) in [5.74, 6) is -0.171. The molecule has 0 bridgehead atoms. The van der Waals surface area contributed by atoms with Crippen LogP contribution in [-0.4, -0.2) is 0 Å². The molecule has 1 unspecified atom stereocenters. The summed E-state index contributed by atoms with van der Waals surface area (Å²) in [5.41, 5.74) is 1.96. The molecule has 0 aliphatic rings. The molecule has 2 aromatic rings. The van der Waals surface area contributed by atoms with Crippen molar-refractivity contribution in [3.8, 4) is 0 Å². The van der Waals surface area contributed by atoms with E-state index in [4.69, 9.17) is 0 Å². The van der Waals surface area contributed by atoms with Crippen molar-refractivity contribution in [1.29, 1.82) is 0 Å². The van der Waals surface area contributed by atoms with E-state index in [1.807, 2.05) is 30.3 Å². The van der Waals surface area contributed by atoms with Crippen molar-refractivity contribution in [3.63, 3.8) is 0 Å². The Kier molecular flexibility index (Phi) is 5.74. The lowest BCUT2D eigenvalue weighted by Gasteiger charge is -2.19. The van der Waals surface area contributed by atoms with Crippen LogP contribution >= 0.6 is 15.9 Å². The largest absolute Gasteiger partial charge is 0.306 e. The predicted octanol–water partition coefficient (Wildman–Crippen LogP) is 5.22. The fourth-order valence-corrected chi connectivity index (χ4v) is 2.59. The molecule has 0 saturated heterocycles. The van der Waals surface area contributed by atoms with Gasteiger partial charge in [0.05, 0.1) is 0 Å². The van der Waals surface area contributed by atoms with Crippen molar-refractivity contribution in [2.75, 3.05) is 0 Å². The summed E-state index contributed by atoms with van der Waals surface area (Å²) in [6, 6.07) is 15.8. The molecule has 106 valence electrons. The van der Waals surface area contributed by atoms with Gasteiger partial charge in [-0.15, -0.1) is 0 Å². The molecular weight excluding hydrogens is 317 g/mol. The Bertz CT molecular complexity index is 542. The Hall–Kier alpha value is -1.19. The molecule has 1 atom stereocenters. The Labute approximate surface area is 128 Å². The summed E-state index contributed by atoms with van der Waals surface area (Å²) in [7, 11) is 0. The second-order valence-corrected chi connectivity index (χ2v) is 5.78. The maximum absolute atomic E-state index is 13.8. The Morgan fingerprint density at radius 1 is 1.15 bits per heavy atom. The number of benzene rings is 2. The molecule has 0 spiro atoms. The fourth-order valence-electron chi connectivity index (χ4n) is 2.26. The summed E-state index contributed by atoms with van der Waals surface area (Å²) in [5, 5.41) is 3.46. The van der Waals surface area contributed by atoms with Crippen molar-refractivity contribution in [1.82, 2.24) is 5.32 Å². The lowest BCUT2D eigenvalue weighted by molar-refractivity contribution is 0.483. The smallest absolute Gasteiger partial charge is 0.128 e. The molecule has 0 aromatic heterocycles. The van der Waals surface area contributed by atoms with E-state index in [1.54, 1.807) is 0 Å². The highest BCUT2D eigenvalue weighted by molar-refractivity contribution is 9.10. The van der Waals surface area contributed by atoms with Gasteiger partial charge >= 0.3 is 0 Å². The number of rotatable bonds is 6. The third-order valence-electron chi connectivity index (χ3n) is 3.33. The summed E-state index contributed by atoms with van der Waals surface area (Å²) in [6.45, 7) is 2.70. The van der Waals surface area contributed by atoms with Gasteiger partial charge in [-0.25, -0.2) is 4.39 Å². The van der Waals surface area contributed by atoms with Gasteiger partial charge in [-0.3, -0.25) is 0 Å². The van der Waals surface area contributed by atoms with E-state index >= 15 is 0 Å². The van der Waals surface area contributed by atoms with E-state index in [1.165, 1.54) is 11.6 Å². The van der Waals surface area contributed by atoms with Crippen molar-refractivity contribution in [2.45, 2.75) is 32.4 Å². The Balaban J connectivity index is 2.06. The molecule has 0 aliphatic carbocycles. The lowest BCUT2D eigenvalue weighted by Crippen LogP contribution is -2.21. The predicted molar refractivity (Wildman–Crippen MR) is 85.0 cm³/mol. The first kappa shape index (κ1) is 15.2. The minimum absolute atomic E-state index is 0.171. The van der Waals surface area contributed by atoms with Gasteiger partial charge in [0.1, 0.15) is 5.82 Å². The van der Waals surface area contributed by atoms with Crippen LogP contribution in [0.5, 0.6) is 0 Å². The number of hydrogen-bond acceptors (Lipinski definition) is 1. The Morgan fingerprint density at radius 3 is 2.55 bits per heavy atom. The highest BCUT2D eigenvalue weighted by atomic mass is 79.9. The van der Waals surface area contributed by atoms with E-state index in [9.17, 15) is 4.39 Å². The van der Waals surface area contributed by atoms with E-state index in [-0.39, 0.29) is 11.9 Å². The zero-order valence-electron chi connectivity index (χ0n) is 11.6. The maximum atomic E-state index is 13.8. The molecule has 0 fully saturated rings. The van der Waals surface area contributed by atoms with Crippen LogP contribution in [0.2, 0.25) is 0 Å². The molecule has 2 rings (SSSR count). The van der Waals surface area contributed by atoms with E-state index < -0.39 is 0 Å². The van der Waals surface area contributed by atoms with Gasteiger partial charge in [-0.05, 0) is 24.1 Å². The third-order valence-corrected chi connectivity index (χ3v) is 3.83. The second kappa shape index (κ2) is 7.55. The first-order chi connectivity index (χ1) is 9.70. The van der Waals surface area contributed by atoms with Crippen molar-refractivity contribution < 1.29 is 4.39 Å². The average Bonchev–Trinajstić information content (AvgIpc) is 2.46. The van der Waals surface area contributed by atoms with Gasteiger partial charge in [-0.1, -0.05) is 65.7 Å². The molecule has 20 heavy (non-hydrogen) atoms. The summed E-state index contributed by atoms with van der Waals surface area (Å²) in [4.78, 5) is 0. The van der Waals surface area contributed by atoms with Crippen molar-refractivity contribution in [2.24, 2.45) is 0 Å². The van der Waals surface area contributed by atoms with Crippen LogP contribution in [0, 0.1) is 5.82 Å². The van der Waals surface area contributed by atoms with Gasteiger partial charge in [0, 0.05) is 22.6 Å². The van der Waals surface area contributed by atoms with E-state index in [2.05, 4.69) is 40.3 Å². The molecule has 0 amide bonds. The van der Waals surface area contributed by atoms with Crippen LogP contribution in [-0.2, 0) is 6.54 Å². The Morgan fingerprint density at radius 2 is 1.90 bits per heavy atom. The van der Waals surface area contributed by atoms with Crippen molar-refractivity contribution >= 4 is 15.9 Å².